The smallest absolute Gasteiger partial charge is 0.310 e. The van der Waals surface area contributed by atoms with Crippen molar-refractivity contribution in [2.75, 3.05) is 0 Å². The monoisotopic (exact) mass is 228 g/mol. The third-order valence-corrected chi connectivity index (χ3v) is 2.89. The van der Waals surface area contributed by atoms with E-state index < -0.39 is 11.9 Å². The number of rotatable bonds is 3. The molecule has 0 bridgehead atoms. The van der Waals surface area contributed by atoms with Crippen LogP contribution < -0.4 is 0 Å². The molecule has 0 aliphatic carbocycles. The number of hydrogen-bond acceptors (Lipinski definition) is 2. The zero-order valence-electron chi connectivity index (χ0n) is 9.38. The van der Waals surface area contributed by atoms with Gasteiger partial charge in [0.2, 0.25) is 0 Å². The van der Waals surface area contributed by atoms with E-state index in [4.69, 9.17) is 5.11 Å². The molecular formula is C14H12O3. The minimum Gasteiger partial charge on any atom is -0.481 e. The van der Waals surface area contributed by atoms with Gasteiger partial charge in [0.1, 0.15) is 6.29 Å². The topological polar surface area (TPSA) is 54.4 Å². The highest BCUT2D eigenvalue weighted by Crippen LogP contribution is 2.22. The van der Waals surface area contributed by atoms with Gasteiger partial charge in [0.05, 0.1) is 5.92 Å². The van der Waals surface area contributed by atoms with Crippen LogP contribution in [0.4, 0.5) is 0 Å². The number of aldehydes is 1. The van der Waals surface area contributed by atoms with Crippen molar-refractivity contribution in [3.8, 4) is 0 Å². The van der Waals surface area contributed by atoms with Crippen molar-refractivity contribution in [2.24, 2.45) is 0 Å². The number of hydrogen-bond donors (Lipinski definition) is 1. The highest BCUT2D eigenvalue weighted by Gasteiger charge is 2.13. The molecule has 1 N–H and O–H groups in total. The Hall–Kier alpha value is -2.16. The molecule has 0 spiro atoms. The molecule has 3 nitrogen and oxygen atoms in total. The Morgan fingerprint density at radius 3 is 2.47 bits per heavy atom. The van der Waals surface area contributed by atoms with Gasteiger partial charge < -0.3 is 5.11 Å². The van der Waals surface area contributed by atoms with Crippen molar-refractivity contribution in [3.63, 3.8) is 0 Å². The SMILES string of the molecule is CC(C(=O)O)c1ccc2cc(C=O)ccc2c1. The van der Waals surface area contributed by atoms with E-state index >= 15 is 0 Å². The quantitative estimate of drug-likeness (QED) is 0.822. The van der Waals surface area contributed by atoms with E-state index in [1.165, 1.54) is 0 Å². The summed E-state index contributed by atoms with van der Waals surface area (Å²) in [7, 11) is 0. The largest absolute Gasteiger partial charge is 0.481 e. The van der Waals surface area contributed by atoms with Gasteiger partial charge >= 0.3 is 5.97 Å². The Morgan fingerprint density at radius 2 is 1.82 bits per heavy atom. The van der Waals surface area contributed by atoms with E-state index in [0.29, 0.717) is 5.56 Å². The van der Waals surface area contributed by atoms with E-state index in [1.54, 1.807) is 25.1 Å². The number of benzene rings is 2. The van der Waals surface area contributed by atoms with Gasteiger partial charge in [0, 0.05) is 5.56 Å². The summed E-state index contributed by atoms with van der Waals surface area (Å²) in [5.41, 5.74) is 1.39. The molecule has 86 valence electrons. The van der Waals surface area contributed by atoms with Crippen molar-refractivity contribution in [1.82, 2.24) is 0 Å². The minimum absolute atomic E-state index is 0.523. The van der Waals surface area contributed by atoms with Crippen molar-refractivity contribution in [1.29, 1.82) is 0 Å². The van der Waals surface area contributed by atoms with Crippen LogP contribution in [0.1, 0.15) is 28.8 Å². The van der Waals surface area contributed by atoms with Gasteiger partial charge in [-0.15, -0.1) is 0 Å². The molecule has 17 heavy (non-hydrogen) atoms. The molecule has 2 rings (SSSR count). The van der Waals surface area contributed by atoms with E-state index in [9.17, 15) is 9.59 Å². The van der Waals surface area contributed by atoms with E-state index in [-0.39, 0.29) is 0 Å². The second-order valence-corrected chi connectivity index (χ2v) is 4.04. The standard InChI is InChI=1S/C14H12O3/c1-9(14(16)17)11-4-5-12-6-10(8-15)2-3-13(12)7-11/h2-9H,1H3,(H,16,17). The molecule has 1 atom stereocenters. The molecule has 0 saturated carbocycles. The number of fused-ring (bicyclic) bond motifs is 1. The molecule has 0 aliphatic rings. The van der Waals surface area contributed by atoms with Crippen LogP contribution in [0.15, 0.2) is 36.4 Å². The van der Waals surface area contributed by atoms with Crippen LogP contribution in [0, 0.1) is 0 Å². The summed E-state index contributed by atoms with van der Waals surface area (Å²) in [6.07, 6.45) is 0.799. The maximum Gasteiger partial charge on any atom is 0.310 e. The van der Waals surface area contributed by atoms with E-state index in [1.807, 2.05) is 18.2 Å². The fraction of sp³-hybridized carbons (Fsp3) is 0.143. The average molecular weight is 228 g/mol. The molecule has 0 amide bonds. The molecule has 0 aliphatic heterocycles. The second kappa shape index (κ2) is 4.37. The maximum atomic E-state index is 10.9. The molecule has 0 heterocycles. The Bertz CT molecular complexity index is 587. The van der Waals surface area contributed by atoms with Crippen LogP contribution >= 0.6 is 0 Å². The molecule has 2 aromatic rings. The third kappa shape index (κ3) is 2.18. The van der Waals surface area contributed by atoms with Crippen LogP contribution in [0.2, 0.25) is 0 Å². The predicted molar refractivity (Wildman–Crippen MR) is 65.4 cm³/mol. The van der Waals surface area contributed by atoms with Gasteiger partial charge in [-0.1, -0.05) is 30.3 Å². The lowest BCUT2D eigenvalue weighted by atomic mass is 9.97. The van der Waals surface area contributed by atoms with Crippen molar-refractivity contribution < 1.29 is 14.7 Å². The lowest BCUT2D eigenvalue weighted by Gasteiger charge is -2.08. The number of carbonyl (C=O) groups excluding carboxylic acids is 1. The van der Waals surface area contributed by atoms with Crippen LogP contribution in [0.5, 0.6) is 0 Å². The lowest BCUT2D eigenvalue weighted by Crippen LogP contribution is -2.07. The first-order chi connectivity index (χ1) is 8.11. The Kier molecular flexibility index (Phi) is 2.91. The van der Waals surface area contributed by atoms with Crippen LogP contribution in [-0.4, -0.2) is 17.4 Å². The predicted octanol–water partition coefficient (Wildman–Crippen LogP) is 2.84. The first-order valence-electron chi connectivity index (χ1n) is 5.33. The summed E-state index contributed by atoms with van der Waals surface area (Å²) in [4.78, 5) is 21.5. The lowest BCUT2D eigenvalue weighted by molar-refractivity contribution is -0.138. The van der Waals surface area contributed by atoms with Crippen LogP contribution in [0.3, 0.4) is 0 Å². The first kappa shape index (κ1) is 11.3. The molecule has 0 saturated heterocycles. The molecule has 0 radical (unpaired) electrons. The summed E-state index contributed by atoms with van der Waals surface area (Å²) in [5.74, 6) is -1.36. The number of carboxylic acid groups (broad SMARTS) is 1. The zero-order chi connectivity index (χ0) is 12.4. The Labute approximate surface area is 98.7 Å². The summed E-state index contributed by atoms with van der Waals surface area (Å²) in [6, 6.07) is 10.8. The Balaban J connectivity index is 2.51. The number of carboxylic acids is 1. The van der Waals surface area contributed by atoms with Crippen LogP contribution in [0.25, 0.3) is 10.8 Å². The molecule has 2 aromatic carbocycles. The highest BCUT2D eigenvalue weighted by molar-refractivity contribution is 5.90. The first-order valence-corrected chi connectivity index (χ1v) is 5.33. The maximum absolute atomic E-state index is 10.9. The summed E-state index contributed by atoms with van der Waals surface area (Å²) >= 11 is 0. The van der Waals surface area contributed by atoms with Gasteiger partial charge in [-0.05, 0) is 29.3 Å². The average Bonchev–Trinajstić information content (AvgIpc) is 2.36. The van der Waals surface area contributed by atoms with Crippen molar-refractivity contribution in [3.05, 3.63) is 47.5 Å². The summed E-state index contributed by atoms with van der Waals surface area (Å²) in [5, 5.41) is 10.8. The zero-order valence-corrected chi connectivity index (χ0v) is 9.38. The highest BCUT2D eigenvalue weighted by atomic mass is 16.4. The van der Waals surface area contributed by atoms with Crippen LogP contribution in [-0.2, 0) is 4.79 Å². The molecule has 0 fully saturated rings. The van der Waals surface area contributed by atoms with Crippen molar-refractivity contribution >= 4 is 23.0 Å². The van der Waals surface area contributed by atoms with E-state index in [2.05, 4.69) is 0 Å². The molecule has 3 heteroatoms. The van der Waals surface area contributed by atoms with Gasteiger partial charge in [0.25, 0.3) is 0 Å². The normalized spacial score (nSPS) is 12.3. The molecule has 0 aromatic heterocycles. The second-order valence-electron chi connectivity index (χ2n) is 4.04. The van der Waals surface area contributed by atoms with Gasteiger partial charge in [-0.25, -0.2) is 0 Å². The third-order valence-electron chi connectivity index (χ3n) is 2.89. The molecule has 1 unspecified atom stereocenters. The summed E-state index contributed by atoms with van der Waals surface area (Å²) < 4.78 is 0. The number of aliphatic carboxylic acids is 1. The minimum atomic E-state index is -0.839. The fourth-order valence-electron chi connectivity index (χ4n) is 1.77. The van der Waals surface area contributed by atoms with Gasteiger partial charge in [-0.2, -0.15) is 0 Å². The van der Waals surface area contributed by atoms with Crippen molar-refractivity contribution in [2.45, 2.75) is 12.8 Å². The number of carbonyl (C=O) groups is 2. The fourth-order valence-corrected chi connectivity index (χ4v) is 1.77. The van der Waals surface area contributed by atoms with E-state index in [0.717, 1.165) is 22.6 Å². The summed E-state index contributed by atoms with van der Waals surface area (Å²) in [6.45, 7) is 1.66. The molecular weight excluding hydrogens is 216 g/mol. The van der Waals surface area contributed by atoms with Gasteiger partial charge in [0.15, 0.2) is 0 Å². The van der Waals surface area contributed by atoms with Gasteiger partial charge in [-0.3, -0.25) is 9.59 Å². The Morgan fingerprint density at radius 1 is 1.18 bits per heavy atom.